The van der Waals surface area contributed by atoms with Crippen LogP contribution in [0.2, 0.25) is 0 Å². The van der Waals surface area contributed by atoms with Crippen LogP contribution in [0.3, 0.4) is 0 Å². The molecule has 1 aromatic carbocycles. The molecule has 0 saturated carbocycles. The van der Waals surface area contributed by atoms with E-state index in [0.29, 0.717) is 13.2 Å². The zero-order valence-electron chi connectivity index (χ0n) is 12.3. The van der Waals surface area contributed by atoms with Crippen molar-refractivity contribution in [2.75, 3.05) is 18.5 Å². The molecule has 0 spiro atoms. The molecule has 0 unspecified atom stereocenters. The molecule has 0 aliphatic rings. The Morgan fingerprint density at radius 1 is 1.10 bits per heavy atom. The molecule has 6 heteroatoms. The molecule has 0 fully saturated rings. The number of anilines is 1. The molecule has 1 rings (SSSR count). The largest absolute Gasteiger partial charge is 0.462 e. The summed E-state index contributed by atoms with van der Waals surface area (Å²) in [6.07, 6.45) is 1.70. The average molecular weight is 292 g/mol. The van der Waals surface area contributed by atoms with Crippen molar-refractivity contribution < 1.29 is 19.1 Å². The third-order valence-electron chi connectivity index (χ3n) is 2.67. The molecule has 0 aliphatic heterocycles. The van der Waals surface area contributed by atoms with E-state index in [2.05, 4.69) is 10.6 Å². The Hall–Kier alpha value is -2.37. The van der Waals surface area contributed by atoms with E-state index < -0.39 is 17.8 Å². The second-order valence-corrected chi connectivity index (χ2v) is 4.35. The van der Waals surface area contributed by atoms with Gasteiger partial charge in [0.25, 0.3) is 0 Å². The molecule has 2 N–H and O–H groups in total. The lowest BCUT2D eigenvalue weighted by Crippen LogP contribution is -2.35. The summed E-state index contributed by atoms with van der Waals surface area (Å²) < 4.78 is 5.11. The standard InChI is InChI=1S/C15H20N2O4/c1-3-5-10-21-15(20)11-8-6-7-9-12(11)17-14(19)13(18)16-4-2/h6-9H,3-5,10H2,1-2H3,(H,16,18)(H,17,19). The number of unbranched alkanes of at least 4 members (excludes halogenated alkanes) is 1. The van der Waals surface area contributed by atoms with E-state index in [1.54, 1.807) is 31.2 Å². The number of hydrogen-bond donors (Lipinski definition) is 2. The lowest BCUT2D eigenvalue weighted by atomic mass is 10.2. The van der Waals surface area contributed by atoms with Gasteiger partial charge in [0.2, 0.25) is 0 Å². The van der Waals surface area contributed by atoms with Crippen LogP contribution in [0.5, 0.6) is 0 Å². The van der Waals surface area contributed by atoms with Gasteiger partial charge in [-0.25, -0.2) is 4.79 Å². The number of esters is 1. The maximum absolute atomic E-state index is 11.9. The fraction of sp³-hybridized carbons (Fsp3) is 0.400. The molecular weight excluding hydrogens is 272 g/mol. The molecule has 0 heterocycles. The minimum atomic E-state index is -0.814. The Labute approximate surface area is 123 Å². The van der Waals surface area contributed by atoms with Gasteiger partial charge < -0.3 is 15.4 Å². The van der Waals surface area contributed by atoms with Gasteiger partial charge >= 0.3 is 17.8 Å². The molecule has 6 nitrogen and oxygen atoms in total. The highest BCUT2D eigenvalue weighted by atomic mass is 16.5. The lowest BCUT2D eigenvalue weighted by molar-refractivity contribution is -0.136. The van der Waals surface area contributed by atoms with Crippen LogP contribution in [-0.4, -0.2) is 30.9 Å². The monoisotopic (exact) mass is 292 g/mol. The van der Waals surface area contributed by atoms with Gasteiger partial charge in [-0.3, -0.25) is 9.59 Å². The Balaban J connectivity index is 2.77. The minimum Gasteiger partial charge on any atom is -0.462 e. The molecule has 1 aromatic rings. The van der Waals surface area contributed by atoms with Crippen molar-refractivity contribution >= 4 is 23.5 Å². The van der Waals surface area contributed by atoms with Gasteiger partial charge in [0.15, 0.2) is 0 Å². The van der Waals surface area contributed by atoms with Gasteiger partial charge in [-0.05, 0) is 25.5 Å². The predicted octanol–water partition coefficient (Wildman–Crippen LogP) is 1.72. The van der Waals surface area contributed by atoms with Crippen LogP contribution in [0.15, 0.2) is 24.3 Å². The van der Waals surface area contributed by atoms with E-state index >= 15 is 0 Å². The predicted molar refractivity (Wildman–Crippen MR) is 78.9 cm³/mol. The normalized spacial score (nSPS) is 9.81. The van der Waals surface area contributed by atoms with Crippen molar-refractivity contribution in [2.45, 2.75) is 26.7 Å². The third-order valence-corrected chi connectivity index (χ3v) is 2.67. The van der Waals surface area contributed by atoms with Gasteiger partial charge in [0.1, 0.15) is 0 Å². The van der Waals surface area contributed by atoms with Crippen molar-refractivity contribution in [3.05, 3.63) is 29.8 Å². The van der Waals surface area contributed by atoms with Crippen molar-refractivity contribution in [3.63, 3.8) is 0 Å². The number of hydrogen-bond acceptors (Lipinski definition) is 4. The minimum absolute atomic E-state index is 0.228. The zero-order valence-corrected chi connectivity index (χ0v) is 12.3. The molecule has 0 bridgehead atoms. The number of carbonyl (C=O) groups is 3. The summed E-state index contributed by atoms with van der Waals surface area (Å²) in [6.45, 7) is 4.39. The molecule has 0 aromatic heterocycles. The fourth-order valence-corrected chi connectivity index (χ4v) is 1.58. The van der Waals surface area contributed by atoms with Gasteiger partial charge in [0, 0.05) is 6.54 Å². The Kier molecular flexibility index (Phi) is 6.94. The van der Waals surface area contributed by atoms with Crippen LogP contribution in [0.1, 0.15) is 37.0 Å². The number of ether oxygens (including phenoxy) is 1. The number of benzene rings is 1. The highest BCUT2D eigenvalue weighted by molar-refractivity contribution is 6.39. The Bertz CT molecular complexity index is 514. The van der Waals surface area contributed by atoms with Crippen LogP contribution < -0.4 is 10.6 Å². The quantitative estimate of drug-likeness (QED) is 0.475. The first kappa shape index (κ1) is 16.7. The fourth-order valence-electron chi connectivity index (χ4n) is 1.58. The van der Waals surface area contributed by atoms with E-state index in [-0.39, 0.29) is 11.3 Å². The van der Waals surface area contributed by atoms with Gasteiger partial charge in [0.05, 0.1) is 17.9 Å². The first-order valence-electron chi connectivity index (χ1n) is 6.95. The third kappa shape index (κ3) is 5.25. The first-order valence-corrected chi connectivity index (χ1v) is 6.95. The summed E-state index contributed by atoms with van der Waals surface area (Å²) in [5, 5.41) is 4.80. The van der Waals surface area contributed by atoms with Crippen LogP contribution in [0.4, 0.5) is 5.69 Å². The summed E-state index contributed by atoms with van der Waals surface area (Å²) in [5.41, 5.74) is 0.488. The Morgan fingerprint density at radius 2 is 1.81 bits per heavy atom. The molecule has 0 aliphatic carbocycles. The van der Waals surface area contributed by atoms with Crippen LogP contribution in [-0.2, 0) is 14.3 Å². The molecule has 114 valence electrons. The number of para-hydroxylation sites is 1. The van der Waals surface area contributed by atoms with Crippen molar-refractivity contribution in [3.8, 4) is 0 Å². The highest BCUT2D eigenvalue weighted by Crippen LogP contribution is 2.16. The maximum Gasteiger partial charge on any atom is 0.340 e. The lowest BCUT2D eigenvalue weighted by Gasteiger charge is -2.10. The summed E-state index contributed by atoms with van der Waals surface area (Å²) >= 11 is 0. The summed E-state index contributed by atoms with van der Waals surface area (Å²) in [7, 11) is 0. The number of carbonyl (C=O) groups excluding carboxylic acids is 3. The smallest absolute Gasteiger partial charge is 0.340 e. The SMILES string of the molecule is CCCCOC(=O)c1ccccc1NC(=O)C(=O)NCC. The van der Waals surface area contributed by atoms with Crippen LogP contribution in [0, 0.1) is 0 Å². The molecule has 0 radical (unpaired) electrons. The van der Waals surface area contributed by atoms with Crippen molar-refractivity contribution in [1.29, 1.82) is 0 Å². The Morgan fingerprint density at radius 3 is 2.48 bits per heavy atom. The van der Waals surface area contributed by atoms with E-state index in [1.807, 2.05) is 6.92 Å². The molecular formula is C15H20N2O4. The first-order chi connectivity index (χ1) is 10.1. The number of nitrogens with one attached hydrogen (secondary N) is 2. The van der Waals surface area contributed by atoms with Crippen LogP contribution >= 0.6 is 0 Å². The molecule has 21 heavy (non-hydrogen) atoms. The van der Waals surface area contributed by atoms with E-state index in [1.165, 1.54) is 0 Å². The van der Waals surface area contributed by atoms with Crippen LogP contribution in [0.25, 0.3) is 0 Å². The van der Waals surface area contributed by atoms with E-state index in [9.17, 15) is 14.4 Å². The maximum atomic E-state index is 11.9. The second-order valence-electron chi connectivity index (χ2n) is 4.35. The zero-order chi connectivity index (χ0) is 15.7. The van der Waals surface area contributed by atoms with Gasteiger partial charge in [-0.2, -0.15) is 0 Å². The molecule has 0 atom stereocenters. The number of rotatable bonds is 6. The van der Waals surface area contributed by atoms with Crippen molar-refractivity contribution in [1.82, 2.24) is 5.32 Å². The summed E-state index contributed by atoms with van der Waals surface area (Å²) in [5.74, 6) is -2.08. The van der Waals surface area contributed by atoms with Gasteiger partial charge in [-0.15, -0.1) is 0 Å². The second kappa shape index (κ2) is 8.73. The number of likely N-dealkylation sites (N-methyl/N-ethyl adjacent to an activating group) is 1. The summed E-state index contributed by atoms with van der Waals surface area (Å²) in [4.78, 5) is 35.0. The van der Waals surface area contributed by atoms with E-state index in [0.717, 1.165) is 12.8 Å². The van der Waals surface area contributed by atoms with Gasteiger partial charge in [-0.1, -0.05) is 25.5 Å². The van der Waals surface area contributed by atoms with E-state index in [4.69, 9.17) is 4.74 Å². The molecule has 2 amide bonds. The average Bonchev–Trinajstić information content (AvgIpc) is 2.48. The molecule has 0 saturated heterocycles. The number of amides is 2. The van der Waals surface area contributed by atoms with Crippen molar-refractivity contribution in [2.24, 2.45) is 0 Å². The highest BCUT2D eigenvalue weighted by Gasteiger charge is 2.17. The summed E-state index contributed by atoms with van der Waals surface area (Å²) in [6, 6.07) is 6.42. The topological polar surface area (TPSA) is 84.5 Å².